The number of hydrogen-bond acceptors (Lipinski definition) is 5. The lowest BCUT2D eigenvalue weighted by Gasteiger charge is -2.11. The molecule has 0 atom stereocenters. The number of carbonyl (C=O) groups is 1. The molecule has 154 valence electrons. The minimum absolute atomic E-state index is 0.0332. The van der Waals surface area contributed by atoms with Gasteiger partial charge in [-0.2, -0.15) is 10.1 Å². The van der Waals surface area contributed by atoms with Crippen LogP contribution in [-0.4, -0.2) is 16.5 Å². The molecule has 7 nitrogen and oxygen atoms in total. The number of hydrazone groups is 1. The largest absolute Gasteiger partial charge is 0.489 e. The van der Waals surface area contributed by atoms with Crippen molar-refractivity contribution in [2.75, 3.05) is 5.01 Å². The molecule has 0 fully saturated rings. The van der Waals surface area contributed by atoms with Crippen molar-refractivity contribution in [3.8, 4) is 5.75 Å². The molecule has 0 unspecified atom stereocenters. The Morgan fingerprint density at radius 1 is 1.03 bits per heavy atom. The number of nitrogens with zero attached hydrogens (tertiary/aromatic N) is 3. The van der Waals surface area contributed by atoms with Crippen LogP contribution in [0.3, 0.4) is 0 Å². The van der Waals surface area contributed by atoms with Gasteiger partial charge in [0.25, 0.3) is 11.6 Å². The molecule has 1 heterocycles. The second-order valence-electron chi connectivity index (χ2n) is 6.98. The standard InChI is InChI=1S/C24H19N3O4/c1-17-23(24(28)26(25-17)20-7-3-2-4-8-20)15-18-10-12-22(13-11-18)31-16-19-6-5-9-21(14-19)27(29)30/h2-15H,16H2,1H3/b23-15+. The molecule has 1 amide bonds. The summed E-state index contributed by atoms with van der Waals surface area (Å²) in [6.45, 7) is 2.03. The summed E-state index contributed by atoms with van der Waals surface area (Å²) >= 11 is 0. The Kier molecular flexibility index (Phi) is 5.57. The number of carbonyl (C=O) groups excluding carboxylic acids is 1. The quantitative estimate of drug-likeness (QED) is 0.324. The molecule has 1 aliphatic heterocycles. The number of anilines is 1. The summed E-state index contributed by atoms with van der Waals surface area (Å²) in [5, 5.41) is 16.7. The van der Waals surface area contributed by atoms with Crippen LogP contribution < -0.4 is 9.75 Å². The summed E-state index contributed by atoms with van der Waals surface area (Å²) in [6.07, 6.45) is 1.80. The smallest absolute Gasteiger partial charge is 0.280 e. The fourth-order valence-corrected chi connectivity index (χ4v) is 3.18. The van der Waals surface area contributed by atoms with Gasteiger partial charge in [0.15, 0.2) is 0 Å². The predicted octanol–water partition coefficient (Wildman–Crippen LogP) is 4.98. The first-order valence-electron chi connectivity index (χ1n) is 9.64. The topological polar surface area (TPSA) is 85.0 Å². The molecule has 0 spiro atoms. The molecule has 1 aliphatic rings. The van der Waals surface area contributed by atoms with Gasteiger partial charge in [0.2, 0.25) is 0 Å². The monoisotopic (exact) mass is 413 g/mol. The molecular weight excluding hydrogens is 394 g/mol. The molecule has 7 heteroatoms. The Morgan fingerprint density at radius 2 is 1.77 bits per heavy atom. The highest BCUT2D eigenvalue weighted by molar-refractivity contribution is 6.32. The van der Waals surface area contributed by atoms with Gasteiger partial charge in [0.05, 0.1) is 21.9 Å². The summed E-state index contributed by atoms with van der Waals surface area (Å²) in [6, 6.07) is 22.9. The van der Waals surface area contributed by atoms with Crippen LogP contribution in [0.1, 0.15) is 18.1 Å². The van der Waals surface area contributed by atoms with Crippen molar-refractivity contribution in [1.29, 1.82) is 0 Å². The average Bonchev–Trinajstić information content (AvgIpc) is 3.07. The van der Waals surface area contributed by atoms with Crippen LogP contribution >= 0.6 is 0 Å². The average molecular weight is 413 g/mol. The summed E-state index contributed by atoms with van der Waals surface area (Å²) < 4.78 is 5.73. The number of nitro benzene ring substituents is 1. The Balaban J connectivity index is 1.44. The van der Waals surface area contributed by atoms with Gasteiger partial charge in [0.1, 0.15) is 12.4 Å². The van der Waals surface area contributed by atoms with Gasteiger partial charge in [-0.15, -0.1) is 0 Å². The number of ether oxygens (including phenoxy) is 1. The van der Waals surface area contributed by atoms with E-state index in [1.54, 1.807) is 30.3 Å². The van der Waals surface area contributed by atoms with Crippen molar-refractivity contribution in [3.05, 3.63) is 106 Å². The van der Waals surface area contributed by atoms with E-state index in [1.807, 2.05) is 49.4 Å². The SMILES string of the molecule is CC1=NN(c2ccccc2)C(=O)/C1=C/c1ccc(OCc2cccc([N+](=O)[O-])c2)cc1. The van der Waals surface area contributed by atoms with E-state index in [0.29, 0.717) is 22.6 Å². The maximum atomic E-state index is 12.8. The number of rotatable bonds is 6. The van der Waals surface area contributed by atoms with Crippen LogP contribution in [0, 0.1) is 10.1 Å². The highest BCUT2D eigenvalue weighted by Gasteiger charge is 2.28. The summed E-state index contributed by atoms with van der Waals surface area (Å²) in [5.41, 5.74) is 3.50. The summed E-state index contributed by atoms with van der Waals surface area (Å²) in [4.78, 5) is 23.2. The first kappa shape index (κ1) is 20.0. The zero-order valence-electron chi connectivity index (χ0n) is 16.8. The van der Waals surface area contributed by atoms with E-state index in [0.717, 1.165) is 11.3 Å². The number of amides is 1. The molecule has 0 aromatic heterocycles. The van der Waals surface area contributed by atoms with Gasteiger partial charge in [-0.1, -0.05) is 42.5 Å². The zero-order valence-corrected chi connectivity index (χ0v) is 16.8. The van der Waals surface area contributed by atoms with Gasteiger partial charge < -0.3 is 4.74 Å². The number of para-hydroxylation sites is 1. The molecule has 0 aliphatic carbocycles. The predicted molar refractivity (Wildman–Crippen MR) is 119 cm³/mol. The Bertz CT molecular complexity index is 1180. The Labute approximate surface area is 179 Å². The first-order valence-corrected chi connectivity index (χ1v) is 9.64. The van der Waals surface area contributed by atoms with E-state index in [-0.39, 0.29) is 18.2 Å². The molecule has 3 aromatic carbocycles. The lowest BCUT2D eigenvalue weighted by Crippen LogP contribution is -2.21. The van der Waals surface area contributed by atoms with Crippen molar-refractivity contribution in [1.82, 2.24) is 0 Å². The van der Waals surface area contributed by atoms with E-state index in [2.05, 4.69) is 5.10 Å². The maximum Gasteiger partial charge on any atom is 0.280 e. The van der Waals surface area contributed by atoms with Crippen LogP contribution in [0.15, 0.2) is 89.5 Å². The molecule has 4 rings (SSSR count). The van der Waals surface area contributed by atoms with Crippen molar-refractivity contribution in [2.24, 2.45) is 5.10 Å². The third-order valence-corrected chi connectivity index (χ3v) is 4.78. The van der Waals surface area contributed by atoms with Crippen molar-refractivity contribution in [3.63, 3.8) is 0 Å². The van der Waals surface area contributed by atoms with Crippen LogP contribution in [0.4, 0.5) is 11.4 Å². The fraction of sp³-hybridized carbons (Fsp3) is 0.0833. The second kappa shape index (κ2) is 8.62. The Hall–Kier alpha value is -4.26. The van der Waals surface area contributed by atoms with Crippen LogP contribution in [0.25, 0.3) is 6.08 Å². The maximum absolute atomic E-state index is 12.8. The molecule has 31 heavy (non-hydrogen) atoms. The van der Waals surface area contributed by atoms with E-state index in [1.165, 1.54) is 17.1 Å². The number of benzene rings is 3. The number of hydrogen-bond donors (Lipinski definition) is 0. The molecule has 0 saturated heterocycles. The summed E-state index contributed by atoms with van der Waals surface area (Å²) in [7, 11) is 0. The van der Waals surface area contributed by atoms with E-state index < -0.39 is 4.92 Å². The first-order chi connectivity index (χ1) is 15.0. The minimum atomic E-state index is -0.430. The normalized spacial score (nSPS) is 14.6. The van der Waals surface area contributed by atoms with Gasteiger partial charge >= 0.3 is 0 Å². The van der Waals surface area contributed by atoms with Gasteiger partial charge in [0, 0.05) is 12.1 Å². The molecule has 0 radical (unpaired) electrons. The molecule has 0 bridgehead atoms. The summed E-state index contributed by atoms with van der Waals surface area (Å²) in [5.74, 6) is 0.456. The van der Waals surface area contributed by atoms with Crippen LogP contribution in [0.2, 0.25) is 0 Å². The van der Waals surface area contributed by atoms with Gasteiger partial charge in [-0.05, 0) is 48.4 Å². The third kappa shape index (κ3) is 4.51. The van der Waals surface area contributed by atoms with Crippen molar-refractivity contribution in [2.45, 2.75) is 13.5 Å². The molecule has 0 saturated carbocycles. The lowest BCUT2D eigenvalue weighted by atomic mass is 10.1. The van der Waals surface area contributed by atoms with E-state index >= 15 is 0 Å². The second-order valence-corrected chi connectivity index (χ2v) is 6.98. The lowest BCUT2D eigenvalue weighted by molar-refractivity contribution is -0.384. The zero-order chi connectivity index (χ0) is 21.8. The minimum Gasteiger partial charge on any atom is -0.489 e. The van der Waals surface area contributed by atoms with E-state index in [4.69, 9.17) is 4.74 Å². The fourth-order valence-electron chi connectivity index (χ4n) is 3.18. The molecule has 3 aromatic rings. The molecular formula is C24H19N3O4. The van der Waals surface area contributed by atoms with Crippen molar-refractivity contribution >= 4 is 29.1 Å². The van der Waals surface area contributed by atoms with Crippen molar-refractivity contribution < 1.29 is 14.5 Å². The van der Waals surface area contributed by atoms with Gasteiger partial charge in [-0.3, -0.25) is 14.9 Å². The highest BCUT2D eigenvalue weighted by atomic mass is 16.6. The third-order valence-electron chi connectivity index (χ3n) is 4.78. The van der Waals surface area contributed by atoms with E-state index in [9.17, 15) is 14.9 Å². The van der Waals surface area contributed by atoms with Crippen LogP contribution in [-0.2, 0) is 11.4 Å². The number of non-ortho nitro benzene ring substituents is 1. The molecule has 0 N–H and O–H groups in total. The highest BCUT2D eigenvalue weighted by Crippen LogP contribution is 2.25. The van der Waals surface area contributed by atoms with Gasteiger partial charge in [-0.25, -0.2) is 0 Å². The van der Waals surface area contributed by atoms with Crippen LogP contribution in [0.5, 0.6) is 5.75 Å². The number of nitro groups is 1. The Morgan fingerprint density at radius 3 is 2.48 bits per heavy atom.